The molecule has 0 saturated carbocycles. The molecule has 0 radical (unpaired) electrons. The van der Waals surface area contributed by atoms with Crippen LogP contribution in [-0.2, 0) is 4.74 Å². The van der Waals surface area contributed by atoms with E-state index in [4.69, 9.17) is 34.5 Å². The van der Waals surface area contributed by atoms with E-state index in [1.54, 1.807) is 12.1 Å². The molecule has 3 heterocycles. The first-order valence-corrected chi connectivity index (χ1v) is 10.4. The molecule has 1 atom stereocenters. The topological polar surface area (TPSA) is 58.4 Å². The van der Waals surface area contributed by atoms with Gasteiger partial charge in [-0.3, -0.25) is 0 Å². The number of thiophene rings is 1. The van der Waals surface area contributed by atoms with E-state index in [9.17, 15) is 0 Å². The van der Waals surface area contributed by atoms with Crippen LogP contribution in [0.25, 0.3) is 26.7 Å². The predicted molar refractivity (Wildman–Crippen MR) is 114 cm³/mol. The van der Waals surface area contributed by atoms with Gasteiger partial charge < -0.3 is 14.6 Å². The number of ether oxygens (including phenoxy) is 1. The number of hydrogen-bond acceptors (Lipinski definition) is 5. The maximum atomic E-state index is 7.90. The van der Waals surface area contributed by atoms with E-state index in [1.165, 1.54) is 17.7 Å². The molecule has 0 spiro atoms. The Morgan fingerprint density at radius 1 is 1.43 bits per heavy atom. The fourth-order valence-electron chi connectivity index (χ4n) is 3.30. The summed E-state index contributed by atoms with van der Waals surface area (Å²) in [4.78, 5) is 10.0. The molecular weight excluding hydrogens is 417 g/mol. The lowest BCUT2D eigenvalue weighted by molar-refractivity contribution is 0.0387. The lowest BCUT2D eigenvalue weighted by atomic mass is 10.0. The van der Waals surface area contributed by atoms with Crippen LogP contribution in [0.2, 0.25) is 10.0 Å². The largest absolute Gasteiger partial charge is 0.375 e. The normalized spacial score (nSPS) is 16.9. The molecule has 1 aliphatic rings. The number of anilines is 1. The molecule has 2 aromatic heterocycles. The predicted octanol–water partition coefficient (Wildman–Crippen LogP) is 5.67. The molecule has 4 rings (SSSR count). The van der Waals surface area contributed by atoms with Gasteiger partial charge in [0.15, 0.2) is 5.82 Å². The quantitative estimate of drug-likeness (QED) is 0.538. The Morgan fingerprint density at radius 3 is 2.96 bits per heavy atom. The summed E-state index contributed by atoms with van der Waals surface area (Å²) in [6.07, 6.45) is 2.62. The zero-order valence-corrected chi connectivity index (χ0v) is 17.4. The Bertz CT molecular complexity index is 1030. The van der Waals surface area contributed by atoms with E-state index in [-0.39, 0.29) is 6.10 Å². The van der Waals surface area contributed by atoms with Crippen molar-refractivity contribution in [1.82, 2.24) is 15.2 Å². The second-order valence-electron chi connectivity index (χ2n) is 6.38. The van der Waals surface area contributed by atoms with Crippen molar-refractivity contribution in [1.29, 1.82) is 0 Å². The average molecular weight is 434 g/mol. The molecule has 3 aromatic rings. The highest BCUT2D eigenvalue weighted by Crippen LogP contribution is 2.53. The number of hydrogen-bond donors (Lipinski definition) is 1. The summed E-state index contributed by atoms with van der Waals surface area (Å²) in [5.74, 6) is 0.613. The number of nitrogens with one attached hydrogen (secondary N) is 1. The molecule has 1 fully saturated rings. The third kappa shape index (κ3) is 3.49. The molecule has 0 amide bonds. The van der Waals surface area contributed by atoms with Gasteiger partial charge in [-0.2, -0.15) is 0 Å². The summed E-state index contributed by atoms with van der Waals surface area (Å²) in [5, 5.41) is 10.0. The zero-order valence-electron chi connectivity index (χ0n) is 15.1. The zero-order chi connectivity index (χ0) is 19.7. The van der Waals surface area contributed by atoms with Gasteiger partial charge in [-0.15, -0.1) is 21.5 Å². The number of aromatic nitrogens is 3. The van der Waals surface area contributed by atoms with Crippen molar-refractivity contribution in [2.24, 2.45) is 0 Å². The molecule has 144 valence electrons. The van der Waals surface area contributed by atoms with Crippen molar-refractivity contribution in [2.45, 2.75) is 19.4 Å². The van der Waals surface area contributed by atoms with Gasteiger partial charge in [0, 0.05) is 28.7 Å². The molecule has 1 unspecified atom stereocenters. The fraction of sp³-hybridized carbons (Fsp3) is 0.316. The Hall–Kier alpha value is -2.11. The third-order valence-electron chi connectivity index (χ3n) is 4.69. The Morgan fingerprint density at radius 2 is 2.29 bits per heavy atom. The van der Waals surface area contributed by atoms with Crippen LogP contribution in [0.1, 0.15) is 13.3 Å². The van der Waals surface area contributed by atoms with E-state index in [2.05, 4.69) is 31.9 Å². The standard InChI is InChI=1S/C19H17Cl2N5OS/c1-3-12-9-26(6-7-27-12)19-16(22-2)15(13-5-4-11(20)8-14(13)21)17(28-19)18-23-10-24-25-18/h4-5,8,10,12H,3,6-7,9H2,1H3,(H,23,24,25). The lowest BCUT2D eigenvalue weighted by Crippen LogP contribution is -2.41. The molecule has 9 heteroatoms. The van der Waals surface area contributed by atoms with E-state index < -0.39 is 0 Å². The molecule has 28 heavy (non-hydrogen) atoms. The van der Waals surface area contributed by atoms with Crippen LogP contribution in [0.4, 0.5) is 10.7 Å². The van der Waals surface area contributed by atoms with Crippen LogP contribution in [0.15, 0.2) is 24.5 Å². The molecule has 6 nitrogen and oxygen atoms in total. The number of halogens is 2. The van der Waals surface area contributed by atoms with Gasteiger partial charge in [0.05, 0.1) is 29.2 Å². The molecular formula is C19H17Cl2N5OS. The minimum atomic E-state index is 0.158. The monoisotopic (exact) mass is 433 g/mol. The van der Waals surface area contributed by atoms with Crippen molar-refractivity contribution in [3.63, 3.8) is 0 Å². The smallest absolute Gasteiger partial charge is 0.229 e. The Kier molecular flexibility index (Phi) is 5.56. The fourth-order valence-corrected chi connectivity index (χ4v) is 5.05. The van der Waals surface area contributed by atoms with Crippen molar-refractivity contribution in [3.05, 3.63) is 46.0 Å². The molecule has 0 bridgehead atoms. The van der Waals surface area contributed by atoms with Crippen LogP contribution < -0.4 is 4.90 Å². The van der Waals surface area contributed by atoms with Gasteiger partial charge in [-0.25, -0.2) is 4.85 Å². The molecule has 1 aromatic carbocycles. The van der Waals surface area contributed by atoms with Crippen LogP contribution in [0.3, 0.4) is 0 Å². The van der Waals surface area contributed by atoms with Crippen molar-refractivity contribution in [3.8, 4) is 21.8 Å². The van der Waals surface area contributed by atoms with Gasteiger partial charge in [0.25, 0.3) is 0 Å². The van der Waals surface area contributed by atoms with Gasteiger partial charge in [0.2, 0.25) is 5.69 Å². The molecule has 0 aliphatic carbocycles. The van der Waals surface area contributed by atoms with Crippen LogP contribution >= 0.6 is 34.5 Å². The Labute approximate surface area is 176 Å². The van der Waals surface area contributed by atoms with Crippen molar-refractivity contribution in [2.75, 3.05) is 24.6 Å². The summed E-state index contributed by atoms with van der Waals surface area (Å²) < 4.78 is 5.80. The first kappa shape index (κ1) is 19.2. The van der Waals surface area contributed by atoms with Gasteiger partial charge >= 0.3 is 0 Å². The SMILES string of the molecule is [C-]#[N+]c1c(N2CCOC(CC)C2)sc(-c2nnc[nH]2)c1-c1ccc(Cl)cc1Cl. The van der Waals surface area contributed by atoms with Crippen LogP contribution in [-0.4, -0.2) is 41.0 Å². The van der Waals surface area contributed by atoms with Crippen molar-refractivity contribution >= 4 is 45.2 Å². The number of rotatable bonds is 4. The highest BCUT2D eigenvalue weighted by Gasteiger charge is 2.29. The lowest BCUT2D eigenvalue weighted by Gasteiger charge is -2.33. The second-order valence-corrected chi connectivity index (χ2v) is 8.22. The third-order valence-corrected chi connectivity index (χ3v) is 6.48. The van der Waals surface area contributed by atoms with E-state index in [1.807, 2.05) is 6.07 Å². The summed E-state index contributed by atoms with van der Waals surface area (Å²) >= 11 is 14.1. The highest BCUT2D eigenvalue weighted by molar-refractivity contribution is 7.20. The number of morpholine rings is 1. The summed E-state index contributed by atoms with van der Waals surface area (Å²) in [6, 6.07) is 5.31. The van der Waals surface area contributed by atoms with Gasteiger partial charge in [-0.1, -0.05) is 36.2 Å². The first-order valence-electron chi connectivity index (χ1n) is 8.85. The molecule has 1 saturated heterocycles. The molecule has 1 aliphatic heterocycles. The van der Waals surface area contributed by atoms with Crippen LogP contribution in [0.5, 0.6) is 0 Å². The Balaban J connectivity index is 1.91. The van der Waals surface area contributed by atoms with E-state index in [0.717, 1.165) is 40.5 Å². The van der Waals surface area contributed by atoms with Gasteiger partial charge in [-0.05, 0) is 24.1 Å². The van der Waals surface area contributed by atoms with E-state index >= 15 is 0 Å². The highest BCUT2D eigenvalue weighted by atomic mass is 35.5. The molecule has 1 N–H and O–H groups in total. The second kappa shape index (κ2) is 8.10. The van der Waals surface area contributed by atoms with Crippen molar-refractivity contribution < 1.29 is 4.74 Å². The number of nitrogens with zero attached hydrogens (tertiary/aromatic N) is 4. The number of H-pyrrole nitrogens is 1. The minimum absolute atomic E-state index is 0.158. The number of benzene rings is 1. The van der Waals surface area contributed by atoms with Crippen LogP contribution in [0, 0.1) is 6.57 Å². The maximum Gasteiger partial charge on any atom is 0.229 e. The summed E-state index contributed by atoms with van der Waals surface area (Å²) in [6.45, 7) is 12.1. The first-order chi connectivity index (χ1) is 13.6. The summed E-state index contributed by atoms with van der Waals surface area (Å²) in [7, 11) is 0. The minimum Gasteiger partial charge on any atom is -0.375 e. The maximum absolute atomic E-state index is 7.90. The van der Waals surface area contributed by atoms with Gasteiger partial charge in [0.1, 0.15) is 6.33 Å². The van der Waals surface area contributed by atoms with E-state index in [0.29, 0.717) is 28.2 Å². The average Bonchev–Trinajstić information content (AvgIpc) is 3.35. The summed E-state index contributed by atoms with van der Waals surface area (Å²) in [5.41, 5.74) is 2.08. The number of aromatic amines is 1.